The van der Waals surface area contributed by atoms with Gasteiger partial charge in [-0.3, -0.25) is 29.1 Å². The van der Waals surface area contributed by atoms with Gasteiger partial charge >= 0.3 is 17.3 Å². The van der Waals surface area contributed by atoms with Gasteiger partial charge in [-0.2, -0.15) is 0 Å². The van der Waals surface area contributed by atoms with Crippen molar-refractivity contribution in [3.05, 3.63) is 98.5 Å². The fourth-order valence-corrected chi connectivity index (χ4v) is 2.91. The monoisotopic (exact) mass is 510 g/mol. The number of aromatic nitrogens is 4. The number of carbonyl (C=O) groups is 1. The Bertz CT molecular complexity index is 1430. The minimum atomic E-state index is -0.583. The van der Waals surface area contributed by atoms with Crippen molar-refractivity contribution >= 4 is 29.2 Å². The zero-order chi connectivity index (χ0) is 25.8. The van der Waals surface area contributed by atoms with Crippen LogP contribution in [0.15, 0.2) is 43.4 Å². The number of ether oxygens (including phenoxy) is 1. The minimum absolute atomic E-state index is 0.0431. The Hall–Kier alpha value is -3.37. The van der Waals surface area contributed by atoms with Crippen LogP contribution in [-0.4, -0.2) is 31.1 Å². The van der Waals surface area contributed by atoms with E-state index < -0.39 is 34.1 Å². The maximum atomic E-state index is 12.1. The average molecular weight is 511 g/mol. The summed E-state index contributed by atoms with van der Waals surface area (Å²) in [7, 11) is 0. The molecule has 0 aliphatic rings. The normalized spacial score (nSPS) is 10.9. The third-order valence-electron chi connectivity index (χ3n) is 4.41. The quantitative estimate of drug-likeness (QED) is 0.364. The van der Waals surface area contributed by atoms with Crippen LogP contribution in [0.1, 0.15) is 47.8 Å². The molecule has 0 atom stereocenters. The fourth-order valence-electron chi connectivity index (χ4n) is 2.57. The Labute approximate surface area is 203 Å². The molecule has 1 aromatic carbocycles. The molecule has 3 N–H and O–H groups in total. The Balaban J connectivity index is 0.000000340. The zero-order valence-corrected chi connectivity index (χ0v) is 20.7. The van der Waals surface area contributed by atoms with Gasteiger partial charge in [-0.1, -0.05) is 35.3 Å². The van der Waals surface area contributed by atoms with Crippen molar-refractivity contribution in [2.75, 3.05) is 0 Å². The SMILES string of the molecule is Cc1c(Cl)[nH]c(=O)[nH]c1=O.Cc1c(Cl)[nH]c(=O)n(Cc2ccc(C(=O)OC(C)(C)C)cc2)c1=O. The summed E-state index contributed by atoms with van der Waals surface area (Å²) in [6, 6.07) is 6.56. The lowest BCUT2D eigenvalue weighted by atomic mass is 10.1. The summed E-state index contributed by atoms with van der Waals surface area (Å²) in [4.78, 5) is 63.9. The summed E-state index contributed by atoms with van der Waals surface area (Å²) < 4.78 is 6.34. The molecule has 3 rings (SSSR count). The summed E-state index contributed by atoms with van der Waals surface area (Å²) >= 11 is 11.2. The van der Waals surface area contributed by atoms with E-state index in [0.717, 1.165) is 4.57 Å². The number of hydrogen-bond acceptors (Lipinski definition) is 6. The number of nitrogens with one attached hydrogen (secondary N) is 3. The van der Waals surface area contributed by atoms with Crippen LogP contribution in [0.4, 0.5) is 0 Å². The van der Waals surface area contributed by atoms with Crippen molar-refractivity contribution in [2.24, 2.45) is 0 Å². The summed E-state index contributed by atoms with van der Waals surface area (Å²) in [5.74, 6) is -0.425. The van der Waals surface area contributed by atoms with Gasteiger partial charge in [0.15, 0.2) is 0 Å². The lowest BCUT2D eigenvalue weighted by Crippen LogP contribution is -2.36. The molecule has 0 fully saturated rings. The molecule has 12 heteroatoms. The van der Waals surface area contributed by atoms with E-state index in [4.69, 9.17) is 27.9 Å². The topological polar surface area (TPSA) is 147 Å². The van der Waals surface area contributed by atoms with E-state index in [1.54, 1.807) is 52.0 Å². The molecule has 2 heterocycles. The Morgan fingerprint density at radius 3 is 2.00 bits per heavy atom. The highest BCUT2D eigenvalue weighted by Crippen LogP contribution is 2.13. The van der Waals surface area contributed by atoms with Crippen LogP contribution in [-0.2, 0) is 11.3 Å². The number of H-pyrrole nitrogens is 3. The molecule has 0 radical (unpaired) electrons. The maximum absolute atomic E-state index is 12.1. The van der Waals surface area contributed by atoms with Crippen LogP contribution in [0.2, 0.25) is 10.3 Å². The van der Waals surface area contributed by atoms with Crippen molar-refractivity contribution < 1.29 is 9.53 Å². The number of rotatable bonds is 3. The highest BCUT2D eigenvalue weighted by atomic mass is 35.5. The molecular formula is C22H24Cl2N4O6. The summed E-state index contributed by atoms with van der Waals surface area (Å²) in [5, 5.41) is 0.135. The Morgan fingerprint density at radius 2 is 1.47 bits per heavy atom. The molecule has 0 bridgehead atoms. The molecule has 0 aliphatic carbocycles. The molecule has 2 aromatic heterocycles. The van der Waals surface area contributed by atoms with E-state index in [1.165, 1.54) is 6.92 Å². The second-order valence-corrected chi connectivity index (χ2v) is 9.06. The first-order valence-corrected chi connectivity index (χ1v) is 10.8. The second kappa shape index (κ2) is 10.7. The van der Waals surface area contributed by atoms with E-state index in [-0.39, 0.29) is 22.4 Å². The lowest BCUT2D eigenvalue weighted by molar-refractivity contribution is 0.00695. The van der Waals surface area contributed by atoms with Gasteiger partial charge in [-0.15, -0.1) is 0 Å². The molecule has 182 valence electrons. The Kier molecular flexibility index (Phi) is 8.46. The molecule has 10 nitrogen and oxygen atoms in total. The van der Waals surface area contributed by atoms with E-state index in [1.807, 2.05) is 4.98 Å². The van der Waals surface area contributed by atoms with Crippen LogP contribution >= 0.6 is 23.2 Å². The average Bonchev–Trinajstić information content (AvgIpc) is 2.73. The standard InChI is InChI=1S/C17H19ClN2O4.C5H5ClN2O2/c1-10-13(18)19-16(23)20(14(10)21)9-11-5-7-12(8-6-11)15(22)24-17(2,3)4;1-2-3(6)7-5(10)8-4(2)9/h5-8H,9H2,1-4H3,(H,19,23);1H3,(H2,7,8,9,10). The fraction of sp³-hybridized carbons (Fsp3) is 0.318. The third-order valence-corrected chi connectivity index (χ3v) is 5.16. The molecule has 0 saturated carbocycles. The number of carbonyl (C=O) groups excluding carboxylic acids is 1. The number of esters is 1. The summed E-state index contributed by atoms with van der Waals surface area (Å²) in [6.07, 6.45) is 0. The van der Waals surface area contributed by atoms with Gasteiger partial charge in [-0.05, 0) is 52.3 Å². The van der Waals surface area contributed by atoms with Crippen LogP contribution in [0.5, 0.6) is 0 Å². The molecule has 0 unspecified atom stereocenters. The first kappa shape index (κ1) is 26.9. The smallest absolute Gasteiger partial charge is 0.338 e. The van der Waals surface area contributed by atoms with Crippen molar-refractivity contribution in [1.29, 1.82) is 0 Å². The van der Waals surface area contributed by atoms with Gasteiger partial charge in [0.2, 0.25) is 0 Å². The number of aromatic amines is 3. The molecule has 0 amide bonds. The van der Waals surface area contributed by atoms with E-state index in [2.05, 4.69) is 9.97 Å². The van der Waals surface area contributed by atoms with Gasteiger partial charge < -0.3 is 4.74 Å². The number of hydrogen-bond donors (Lipinski definition) is 3. The van der Waals surface area contributed by atoms with Crippen LogP contribution in [0.25, 0.3) is 0 Å². The van der Waals surface area contributed by atoms with E-state index in [0.29, 0.717) is 16.7 Å². The number of benzene rings is 1. The van der Waals surface area contributed by atoms with Gasteiger partial charge in [0.05, 0.1) is 12.1 Å². The van der Waals surface area contributed by atoms with Crippen LogP contribution in [0, 0.1) is 13.8 Å². The van der Waals surface area contributed by atoms with Crippen molar-refractivity contribution in [3.8, 4) is 0 Å². The molecular weight excluding hydrogens is 487 g/mol. The Morgan fingerprint density at radius 1 is 0.912 bits per heavy atom. The lowest BCUT2D eigenvalue weighted by Gasteiger charge is -2.19. The van der Waals surface area contributed by atoms with E-state index in [9.17, 15) is 24.0 Å². The predicted molar refractivity (Wildman–Crippen MR) is 129 cm³/mol. The van der Waals surface area contributed by atoms with Gasteiger partial charge in [0.25, 0.3) is 11.1 Å². The molecule has 0 saturated heterocycles. The third kappa shape index (κ3) is 7.06. The molecule has 0 aliphatic heterocycles. The molecule has 3 aromatic rings. The first-order valence-electron chi connectivity index (χ1n) is 10.00. The highest BCUT2D eigenvalue weighted by molar-refractivity contribution is 6.30. The first-order chi connectivity index (χ1) is 15.7. The number of nitrogens with zero attached hydrogens (tertiary/aromatic N) is 1. The van der Waals surface area contributed by atoms with Gasteiger partial charge in [0.1, 0.15) is 15.9 Å². The van der Waals surface area contributed by atoms with E-state index >= 15 is 0 Å². The van der Waals surface area contributed by atoms with Gasteiger partial charge in [0, 0.05) is 11.1 Å². The summed E-state index contributed by atoms with van der Waals surface area (Å²) in [5.41, 5.74) is -0.917. The van der Waals surface area contributed by atoms with Crippen LogP contribution in [0.3, 0.4) is 0 Å². The molecule has 0 spiro atoms. The zero-order valence-electron chi connectivity index (χ0n) is 19.2. The largest absolute Gasteiger partial charge is 0.456 e. The van der Waals surface area contributed by atoms with Crippen molar-refractivity contribution in [1.82, 2.24) is 19.5 Å². The highest BCUT2D eigenvalue weighted by Gasteiger charge is 2.18. The van der Waals surface area contributed by atoms with Crippen molar-refractivity contribution in [3.63, 3.8) is 0 Å². The minimum Gasteiger partial charge on any atom is -0.456 e. The maximum Gasteiger partial charge on any atom is 0.338 e. The second-order valence-electron chi connectivity index (χ2n) is 8.31. The van der Waals surface area contributed by atoms with Crippen LogP contribution < -0.4 is 22.5 Å². The number of halogens is 2. The predicted octanol–water partition coefficient (Wildman–Crippen LogP) is 2.53. The van der Waals surface area contributed by atoms with Crippen molar-refractivity contribution in [2.45, 2.75) is 46.8 Å². The molecule has 34 heavy (non-hydrogen) atoms. The van der Waals surface area contributed by atoms with Gasteiger partial charge in [-0.25, -0.2) is 14.4 Å². The summed E-state index contributed by atoms with van der Waals surface area (Å²) in [6.45, 7) is 8.53.